The van der Waals surface area contributed by atoms with Crippen molar-refractivity contribution in [2.75, 3.05) is 5.32 Å². The lowest BCUT2D eigenvalue weighted by molar-refractivity contribution is -0.157. The number of carboxylic acid groups (broad SMARTS) is 1. The first-order valence-corrected chi connectivity index (χ1v) is 29.0. The Labute approximate surface area is 490 Å². The summed E-state index contributed by atoms with van der Waals surface area (Å²) in [6.45, 7) is 0. The van der Waals surface area contributed by atoms with Gasteiger partial charge in [-0.2, -0.15) is 21.6 Å². The minimum atomic E-state index is -6.53. The van der Waals surface area contributed by atoms with Gasteiger partial charge in [0.1, 0.15) is 21.6 Å². The number of alkyl halides is 3. The summed E-state index contributed by atoms with van der Waals surface area (Å²) < 4.78 is 73.7. The number of β-lactam (4-membered cyclic amide) rings is 1. The number of carboxylic acids is 1. The van der Waals surface area contributed by atoms with Crippen LogP contribution in [0.3, 0.4) is 0 Å². The van der Waals surface area contributed by atoms with Crippen LogP contribution in [-0.4, -0.2) is 64.5 Å². The Morgan fingerprint density at radius 2 is 1.04 bits per heavy atom. The van der Waals surface area contributed by atoms with Gasteiger partial charge in [-0.1, -0.05) is 271 Å². The highest BCUT2D eigenvalue weighted by Crippen LogP contribution is 2.50. The van der Waals surface area contributed by atoms with E-state index in [1.807, 2.05) is 182 Å². The second-order valence-corrected chi connectivity index (χ2v) is 22.9. The summed E-state index contributed by atoms with van der Waals surface area (Å²) >= 11 is 8.31. The van der Waals surface area contributed by atoms with Crippen molar-refractivity contribution in [3.8, 4) is 0 Å². The number of aliphatic carboxylic acids is 1. The van der Waals surface area contributed by atoms with Gasteiger partial charge in [-0.05, 0) is 34.2 Å². The zero-order valence-electron chi connectivity index (χ0n) is 44.1. The molecular formula is C65H49ClF3N5O8S2. The van der Waals surface area contributed by atoms with Gasteiger partial charge in [0.15, 0.2) is 22.3 Å². The van der Waals surface area contributed by atoms with Crippen LogP contribution in [0.25, 0.3) is 0 Å². The monoisotopic (exact) mass is 1180 g/mol. The second-order valence-electron chi connectivity index (χ2n) is 19.8. The van der Waals surface area contributed by atoms with Crippen molar-refractivity contribution in [3.63, 3.8) is 0 Å². The van der Waals surface area contributed by atoms with Crippen LogP contribution in [0.4, 0.5) is 18.3 Å². The number of aromatic nitrogens is 1. The van der Waals surface area contributed by atoms with Gasteiger partial charge in [0.05, 0.1) is 6.04 Å². The SMILES string of the molecule is O=C(O)C1=C(OS(=O)(=O)C(F)(F)F)C(C(c2ccccc2)c2ccccc2)CC2C(NC(=O)C(=NOC(c3ccccc3)(c3ccccc3)c3ccccc3)c3nc(NC(c4ccccc4)(c4ccccc4)c4ccccc4)sc3Cl)C(=O)N12. The molecule has 3 unspecified atom stereocenters. The standard InChI is InChI=1S/C65H49ClF3N5O8S2/c66-58-54(71-62(83-58)72-63(44-29-13-3-14-30-44,45-31-15-4-16-32-45)46-33-17-5-18-34-46)55(73-82-64(47-35-19-6-20-36-47,48-37-21-7-22-38-48)49-39-23-8-24-40-49)59(75)70-53-51-41-50(52(42-25-9-1-10-26-42)43-27-11-2-12-28-43)57(81-84(79,80)65(67,68)69)56(61(77)78)74(51)60(53)76/h1-40,50-53H,41H2,(H,70,75)(H,71,72)(H,77,78). The van der Waals surface area contributed by atoms with Crippen LogP contribution in [0, 0.1) is 5.92 Å². The normalized spacial score (nSPS) is 16.5. The zero-order valence-corrected chi connectivity index (χ0v) is 46.5. The summed E-state index contributed by atoms with van der Waals surface area (Å²) in [5, 5.41) is 22.3. The quantitative estimate of drug-likeness (QED) is 0.0176. The second kappa shape index (κ2) is 23.5. The first-order valence-electron chi connectivity index (χ1n) is 26.4. The molecule has 9 aromatic rings. The molecule has 1 fully saturated rings. The molecule has 3 N–H and O–H groups in total. The molecule has 8 aromatic carbocycles. The molecule has 1 aromatic heterocycles. The molecule has 0 bridgehead atoms. The lowest BCUT2D eigenvalue weighted by Gasteiger charge is -2.52. The molecule has 1 saturated heterocycles. The molecule has 0 saturated carbocycles. The summed E-state index contributed by atoms with van der Waals surface area (Å²) in [5.41, 5.74) is -5.41. The van der Waals surface area contributed by atoms with E-state index in [-0.39, 0.29) is 15.2 Å². The number of fused-ring (bicyclic) bond motifs is 1. The number of carbonyl (C=O) groups excluding carboxylic acids is 2. The van der Waals surface area contributed by atoms with E-state index >= 15 is 4.79 Å². The summed E-state index contributed by atoms with van der Waals surface area (Å²) in [5.74, 6) is -7.82. The molecule has 84 heavy (non-hydrogen) atoms. The van der Waals surface area contributed by atoms with Gasteiger partial charge in [0.2, 0.25) is 5.60 Å². The molecule has 3 atom stereocenters. The Kier molecular flexibility index (Phi) is 15.8. The van der Waals surface area contributed by atoms with Gasteiger partial charge in [0.25, 0.3) is 11.8 Å². The Bertz CT molecular complexity index is 3770. The van der Waals surface area contributed by atoms with E-state index in [9.17, 15) is 36.3 Å². The van der Waals surface area contributed by atoms with Crippen LogP contribution in [0.2, 0.25) is 4.34 Å². The van der Waals surface area contributed by atoms with E-state index in [0.717, 1.165) is 28.0 Å². The van der Waals surface area contributed by atoms with Gasteiger partial charge in [-0.25, -0.2) is 9.78 Å². The number of nitrogens with zero attached hydrogens (tertiary/aromatic N) is 3. The van der Waals surface area contributed by atoms with Gasteiger partial charge < -0.3 is 24.8 Å². The fourth-order valence-electron chi connectivity index (χ4n) is 11.3. The Hall–Kier alpha value is -9.36. The number of thiazole rings is 1. The summed E-state index contributed by atoms with van der Waals surface area (Å²) in [7, 11) is -6.53. The number of amides is 2. The minimum absolute atomic E-state index is 0.0422. The highest BCUT2D eigenvalue weighted by Gasteiger charge is 2.60. The van der Waals surface area contributed by atoms with E-state index < -0.39 is 92.1 Å². The van der Waals surface area contributed by atoms with Crippen molar-refractivity contribution < 1.29 is 50.1 Å². The molecule has 0 aliphatic carbocycles. The number of oxime groups is 1. The van der Waals surface area contributed by atoms with E-state index in [1.54, 1.807) is 60.7 Å². The third kappa shape index (κ3) is 10.6. The third-order valence-corrected chi connectivity index (χ3v) is 17.1. The van der Waals surface area contributed by atoms with Gasteiger partial charge in [0, 0.05) is 28.5 Å². The summed E-state index contributed by atoms with van der Waals surface area (Å²) in [4.78, 5) is 56.4. The van der Waals surface area contributed by atoms with Crippen molar-refractivity contribution in [2.45, 2.75) is 41.1 Å². The highest BCUT2D eigenvalue weighted by molar-refractivity contribution is 7.87. The molecular weight excluding hydrogens is 1140 g/mol. The predicted molar refractivity (Wildman–Crippen MR) is 313 cm³/mol. The smallest absolute Gasteiger partial charge is 0.476 e. The van der Waals surface area contributed by atoms with Crippen molar-refractivity contribution in [1.82, 2.24) is 15.2 Å². The Morgan fingerprint density at radius 1 is 0.643 bits per heavy atom. The molecule has 2 aliphatic heterocycles. The van der Waals surface area contributed by atoms with E-state index in [0.29, 0.717) is 32.7 Å². The maximum atomic E-state index is 15.7. The van der Waals surface area contributed by atoms with E-state index in [2.05, 4.69) is 10.6 Å². The Balaban J connectivity index is 1.07. The van der Waals surface area contributed by atoms with Crippen molar-refractivity contribution >= 4 is 61.7 Å². The third-order valence-electron chi connectivity index (χ3n) is 15.0. The number of hydrogen-bond donors (Lipinski definition) is 3. The molecule has 2 aliphatic rings. The fourth-order valence-corrected chi connectivity index (χ4v) is 12.9. The largest absolute Gasteiger partial charge is 0.534 e. The maximum Gasteiger partial charge on any atom is 0.534 e. The highest BCUT2D eigenvalue weighted by atomic mass is 35.5. The van der Waals surface area contributed by atoms with Crippen LogP contribution >= 0.6 is 22.9 Å². The van der Waals surface area contributed by atoms with Crippen molar-refractivity contribution in [1.29, 1.82) is 0 Å². The van der Waals surface area contributed by atoms with Gasteiger partial charge in [-0.3, -0.25) is 14.5 Å². The fraction of sp³-hybridized carbons (Fsp3) is 0.123. The number of nitrogens with one attached hydrogen (secondary N) is 2. The molecule has 11 rings (SSSR count). The number of halogens is 4. The number of hydrogen-bond acceptors (Lipinski definition) is 11. The number of benzene rings is 8. The van der Waals surface area contributed by atoms with Crippen LogP contribution in [0.1, 0.15) is 62.5 Å². The average Bonchev–Trinajstić information content (AvgIpc) is 2.58. The lowest BCUT2D eigenvalue weighted by atomic mass is 9.71. The molecule has 0 radical (unpaired) electrons. The number of anilines is 1. The van der Waals surface area contributed by atoms with Gasteiger partial charge >= 0.3 is 21.6 Å². The molecule has 19 heteroatoms. The van der Waals surface area contributed by atoms with Gasteiger partial charge in [-0.15, -0.1) is 0 Å². The lowest BCUT2D eigenvalue weighted by Crippen LogP contribution is -2.73. The number of carbonyl (C=O) groups is 3. The Morgan fingerprint density at radius 3 is 1.43 bits per heavy atom. The summed E-state index contributed by atoms with van der Waals surface area (Å²) in [6.07, 6.45) is -0.418. The molecule has 3 heterocycles. The summed E-state index contributed by atoms with van der Waals surface area (Å²) in [6, 6.07) is 70.2. The van der Waals surface area contributed by atoms with Crippen LogP contribution in [0.15, 0.2) is 259 Å². The number of allylic oxidation sites excluding steroid dienone is 1. The molecule has 13 nitrogen and oxygen atoms in total. The maximum absolute atomic E-state index is 15.7. The van der Waals surface area contributed by atoms with Crippen LogP contribution < -0.4 is 10.6 Å². The topological polar surface area (TPSA) is 177 Å². The zero-order chi connectivity index (χ0) is 58.6. The van der Waals surface area contributed by atoms with Crippen LogP contribution in [-0.2, 0) is 44.7 Å². The van der Waals surface area contributed by atoms with E-state index in [4.69, 9.17) is 30.8 Å². The van der Waals surface area contributed by atoms with Crippen molar-refractivity contribution in [3.05, 3.63) is 309 Å². The predicted octanol–water partition coefficient (Wildman–Crippen LogP) is 12.6. The molecule has 2 amide bonds. The number of rotatable bonds is 19. The molecule has 0 spiro atoms. The minimum Gasteiger partial charge on any atom is -0.476 e. The molecule has 422 valence electrons. The first kappa shape index (κ1) is 56.5. The van der Waals surface area contributed by atoms with Crippen molar-refractivity contribution in [2.24, 2.45) is 11.1 Å². The average molecular weight is 1180 g/mol. The van der Waals surface area contributed by atoms with Crippen LogP contribution in [0.5, 0.6) is 0 Å². The first-order chi connectivity index (χ1) is 40.6. The van der Waals surface area contributed by atoms with E-state index in [1.165, 1.54) is 0 Å².